The van der Waals surface area contributed by atoms with E-state index in [0.717, 1.165) is 5.75 Å². The van der Waals surface area contributed by atoms with Crippen LogP contribution < -0.4 is 10.1 Å². The molecular formula is C21H33NO5. The maximum absolute atomic E-state index is 12.4. The zero-order valence-electron chi connectivity index (χ0n) is 17.4. The van der Waals surface area contributed by atoms with Crippen molar-refractivity contribution in [1.29, 1.82) is 0 Å². The van der Waals surface area contributed by atoms with Gasteiger partial charge in [-0.3, -0.25) is 0 Å². The minimum atomic E-state index is -0.821. The monoisotopic (exact) mass is 379 g/mol. The Hall–Kier alpha value is -2.24. The highest BCUT2D eigenvalue weighted by Crippen LogP contribution is 2.19. The number of rotatable bonds is 8. The SMILES string of the molecule is CC(C)C[C@@H](OC(=O)[C@H](C)NC(=O)OC(C)(C)C)[C@@H](C)Oc1ccccc1. The third-order valence-electron chi connectivity index (χ3n) is 3.65. The Morgan fingerprint density at radius 3 is 2.15 bits per heavy atom. The fraction of sp³-hybridized carbons (Fsp3) is 0.619. The van der Waals surface area contributed by atoms with Crippen LogP contribution in [0.2, 0.25) is 0 Å². The first kappa shape index (κ1) is 22.8. The molecule has 6 nitrogen and oxygen atoms in total. The van der Waals surface area contributed by atoms with Crippen LogP contribution in [0.1, 0.15) is 54.9 Å². The second kappa shape index (κ2) is 10.2. The van der Waals surface area contributed by atoms with Crippen molar-refractivity contribution >= 4 is 12.1 Å². The molecule has 152 valence electrons. The van der Waals surface area contributed by atoms with Crippen molar-refractivity contribution in [3.8, 4) is 5.75 Å². The van der Waals surface area contributed by atoms with Gasteiger partial charge in [-0.25, -0.2) is 9.59 Å². The molecular weight excluding hydrogens is 346 g/mol. The van der Waals surface area contributed by atoms with E-state index in [1.54, 1.807) is 27.7 Å². The fourth-order valence-electron chi connectivity index (χ4n) is 2.38. The molecule has 0 bridgehead atoms. The van der Waals surface area contributed by atoms with E-state index in [2.05, 4.69) is 19.2 Å². The van der Waals surface area contributed by atoms with Crippen LogP contribution >= 0.6 is 0 Å². The van der Waals surface area contributed by atoms with Gasteiger partial charge in [0, 0.05) is 0 Å². The van der Waals surface area contributed by atoms with E-state index in [9.17, 15) is 9.59 Å². The van der Waals surface area contributed by atoms with Gasteiger partial charge in [0.25, 0.3) is 0 Å². The summed E-state index contributed by atoms with van der Waals surface area (Å²) < 4.78 is 16.7. The van der Waals surface area contributed by atoms with Crippen LogP contribution in [0.5, 0.6) is 5.75 Å². The van der Waals surface area contributed by atoms with Gasteiger partial charge in [0.05, 0.1) is 0 Å². The summed E-state index contributed by atoms with van der Waals surface area (Å²) in [6.07, 6.45) is -0.757. The van der Waals surface area contributed by atoms with Crippen LogP contribution in [0.3, 0.4) is 0 Å². The topological polar surface area (TPSA) is 73.9 Å². The molecule has 1 aromatic carbocycles. The van der Waals surface area contributed by atoms with Crippen molar-refractivity contribution in [2.45, 2.75) is 78.7 Å². The maximum Gasteiger partial charge on any atom is 0.408 e. The molecule has 0 radical (unpaired) electrons. The van der Waals surface area contributed by atoms with Crippen molar-refractivity contribution in [3.05, 3.63) is 30.3 Å². The Labute approximate surface area is 162 Å². The van der Waals surface area contributed by atoms with Crippen LogP contribution in [0, 0.1) is 5.92 Å². The summed E-state index contributed by atoms with van der Waals surface area (Å²) in [6.45, 7) is 12.8. The van der Waals surface area contributed by atoms with E-state index in [1.165, 1.54) is 0 Å². The lowest BCUT2D eigenvalue weighted by Crippen LogP contribution is -2.45. The van der Waals surface area contributed by atoms with Gasteiger partial charge in [0.15, 0.2) is 0 Å². The van der Waals surface area contributed by atoms with Crippen LogP contribution in [0.4, 0.5) is 4.79 Å². The minimum Gasteiger partial charge on any atom is -0.487 e. The lowest BCUT2D eigenvalue weighted by molar-refractivity contribution is -0.156. The van der Waals surface area contributed by atoms with Gasteiger partial charge in [-0.15, -0.1) is 0 Å². The lowest BCUT2D eigenvalue weighted by atomic mass is 10.0. The normalized spacial score (nSPS) is 14.8. The second-order valence-electron chi connectivity index (χ2n) is 8.11. The molecule has 0 saturated carbocycles. The molecule has 3 atom stereocenters. The molecule has 1 amide bonds. The summed E-state index contributed by atoms with van der Waals surface area (Å²) in [5, 5.41) is 2.51. The molecule has 1 aromatic rings. The molecule has 0 aromatic heterocycles. The zero-order valence-corrected chi connectivity index (χ0v) is 17.4. The molecule has 27 heavy (non-hydrogen) atoms. The zero-order chi connectivity index (χ0) is 20.6. The van der Waals surface area contributed by atoms with Crippen molar-refractivity contribution < 1.29 is 23.8 Å². The standard InChI is InChI=1S/C21H33NO5/c1-14(2)13-18(16(4)25-17-11-9-8-10-12-17)26-19(23)15(3)22-20(24)27-21(5,6)7/h8-12,14-16,18H,13H2,1-7H3,(H,22,24)/t15-,16+,18+/m0/s1. The quantitative estimate of drug-likeness (QED) is 0.681. The van der Waals surface area contributed by atoms with E-state index >= 15 is 0 Å². The number of para-hydroxylation sites is 1. The number of carbonyl (C=O) groups excluding carboxylic acids is 2. The van der Waals surface area contributed by atoms with Crippen molar-refractivity contribution in [3.63, 3.8) is 0 Å². The van der Waals surface area contributed by atoms with Gasteiger partial charge in [0.1, 0.15) is 29.6 Å². The number of hydrogen-bond acceptors (Lipinski definition) is 5. The average molecular weight is 379 g/mol. The summed E-state index contributed by atoms with van der Waals surface area (Å²) in [5.74, 6) is 0.517. The molecule has 0 spiro atoms. The van der Waals surface area contributed by atoms with E-state index in [1.807, 2.05) is 37.3 Å². The van der Waals surface area contributed by atoms with E-state index in [-0.39, 0.29) is 6.10 Å². The predicted octanol–water partition coefficient (Wildman–Crippen LogP) is 4.33. The summed E-state index contributed by atoms with van der Waals surface area (Å²) in [4.78, 5) is 24.3. The molecule has 6 heteroatoms. The largest absolute Gasteiger partial charge is 0.487 e. The Morgan fingerprint density at radius 1 is 1.04 bits per heavy atom. The number of carbonyl (C=O) groups is 2. The van der Waals surface area contributed by atoms with Gasteiger partial charge in [-0.05, 0) is 59.1 Å². The maximum atomic E-state index is 12.4. The van der Waals surface area contributed by atoms with E-state index in [0.29, 0.717) is 12.3 Å². The Bertz CT molecular complexity index is 594. The van der Waals surface area contributed by atoms with Crippen LogP contribution in [0.15, 0.2) is 30.3 Å². The van der Waals surface area contributed by atoms with Crippen molar-refractivity contribution in [1.82, 2.24) is 5.32 Å². The summed E-state index contributed by atoms with van der Waals surface area (Å²) in [6, 6.07) is 8.58. The average Bonchev–Trinajstić information content (AvgIpc) is 2.52. The minimum absolute atomic E-state index is 0.318. The molecule has 0 saturated heterocycles. The third-order valence-corrected chi connectivity index (χ3v) is 3.65. The van der Waals surface area contributed by atoms with Crippen molar-refractivity contribution in [2.75, 3.05) is 0 Å². The van der Waals surface area contributed by atoms with Gasteiger partial charge in [-0.1, -0.05) is 32.0 Å². The van der Waals surface area contributed by atoms with Crippen LogP contribution in [-0.4, -0.2) is 35.9 Å². The number of benzene rings is 1. The second-order valence-corrected chi connectivity index (χ2v) is 8.11. The highest BCUT2D eigenvalue weighted by Gasteiger charge is 2.28. The summed E-state index contributed by atoms with van der Waals surface area (Å²) in [5.41, 5.74) is -0.633. The Balaban J connectivity index is 2.68. The lowest BCUT2D eigenvalue weighted by Gasteiger charge is -2.28. The first-order chi connectivity index (χ1) is 12.5. The van der Waals surface area contributed by atoms with Gasteiger partial charge in [-0.2, -0.15) is 0 Å². The molecule has 1 N–H and O–H groups in total. The van der Waals surface area contributed by atoms with Crippen LogP contribution in [0.25, 0.3) is 0 Å². The number of hydrogen-bond donors (Lipinski definition) is 1. The Morgan fingerprint density at radius 2 is 1.63 bits per heavy atom. The number of nitrogens with one attached hydrogen (secondary N) is 1. The molecule has 0 unspecified atom stereocenters. The molecule has 1 rings (SSSR count). The molecule has 0 aliphatic carbocycles. The summed E-state index contributed by atoms with van der Waals surface area (Å²) >= 11 is 0. The van der Waals surface area contributed by atoms with Crippen molar-refractivity contribution in [2.24, 2.45) is 5.92 Å². The smallest absolute Gasteiger partial charge is 0.408 e. The molecule has 0 aliphatic rings. The summed E-state index contributed by atoms with van der Waals surface area (Å²) in [7, 11) is 0. The van der Waals surface area contributed by atoms with Crippen LogP contribution in [-0.2, 0) is 14.3 Å². The fourth-order valence-corrected chi connectivity index (χ4v) is 2.38. The first-order valence-corrected chi connectivity index (χ1v) is 9.39. The van der Waals surface area contributed by atoms with E-state index < -0.39 is 29.8 Å². The predicted molar refractivity (Wildman–Crippen MR) is 105 cm³/mol. The Kier molecular flexibility index (Phi) is 8.60. The molecule has 0 heterocycles. The molecule has 0 fully saturated rings. The number of esters is 1. The first-order valence-electron chi connectivity index (χ1n) is 9.39. The highest BCUT2D eigenvalue weighted by atomic mass is 16.6. The molecule has 0 aliphatic heterocycles. The highest BCUT2D eigenvalue weighted by molar-refractivity contribution is 5.81. The van der Waals surface area contributed by atoms with Gasteiger partial charge >= 0.3 is 12.1 Å². The van der Waals surface area contributed by atoms with E-state index in [4.69, 9.17) is 14.2 Å². The third kappa shape index (κ3) is 9.31. The van der Waals surface area contributed by atoms with Gasteiger partial charge in [0.2, 0.25) is 0 Å². The van der Waals surface area contributed by atoms with Gasteiger partial charge < -0.3 is 19.5 Å². The number of amides is 1. The number of ether oxygens (including phenoxy) is 3. The number of alkyl carbamates (subject to hydrolysis) is 1.